The van der Waals surface area contributed by atoms with E-state index in [1.165, 1.54) is 0 Å². The normalized spacial score (nSPS) is 32.6. The number of rotatable bonds is 3. The molecule has 1 N–H and O–H groups in total. The minimum atomic E-state index is -0.647. The summed E-state index contributed by atoms with van der Waals surface area (Å²) in [5, 5.41) is 11.2. The van der Waals surface area contributed by atoms with Gasteiger partial charge in [0.2, 0.25) is 0 Å². The number of carbonyl (C=O) groups excluding carboxylic acids is 1. The van der Waals surface area contributed by atoms with Gasteiger partial charge in [-0.05, 0) is 50.0 Å². The number of ether oxygens (including phenoxy) is 2. The summed E-state index contributed by atoms with van der Waals surface area (Å²) < 4.78 is 11.0. The van der Waals surface area contributed by atoms with Crippen LogP contribution in [0.15, 0.2) is 30.3 Å². The Hall–Kier alpha value is -1.59. The van der Waals surface area contributed by atoms with Crippen LogP contribution in [0.1, 0.15) is 44.1 Å². The number of amides is 1. The highest BCUT2D eigenvalue weighted by atomic mass is 16.6. The molecule has 136 valence electrons. The second kappa shape index (κ2) is 6.96. The Morgan fingerprint density at radius 2 is 1.76 bits per heavy atom. The number of fused-ring (bicyclic) bond motifs is 2. The van der Waals surface area contributed by atoms with Crippen molar-refractivity contribution in [2.24, 2.45) is 5.92 Å². The van der Waals surface area contributed by atoms with Crippen molar-refractivity contribution in [1.29, 1.82) is 0 Å². The fourth-order valence-corrected chi connectivity index (χ4v) is 4.92. The molecular weight excluding hydrogens is 318 g/mol. The first-order chi connectivity index (χ1) is 12.2. The number of nitrogens with zero attached hydrogens (tertiary/aromatic N) is 1. The molecular formula is C20H27NO4. The maximum Gasteiger partial charge on any atom is 0.410 e. The van der Waals surface area contributed by atoms with Crippen LogP contribution < -0.4 is 0 Å². The first kappa shape index (κ1) is 16.9. The molecule has 2 unspecified atom stereocenters. The predicted octanol–water partition coefficient (Wildman–Crippen LogP) is 3.11. The van der Waals surface area contributed by atoms with Gasteiger partial charge in [-0.1, -0.05) is 30.3 Å². The Labute approximate surface area is 148 Å². The van der Waals surface area contributed by atoms with Crippen LogP contribution in [0.4, 0.5) is 4.79 Å². The van der Waals surface area contributed by atoms with Gasteiger partial charge in [0.15, 0.2) is 0 Å². The van der Waals surface area contributed by atoms with Gasteiger partial charge in [-0.15, -0.1) is 0 Å². The van der Waals surface area contributed by atoms with Crippen molar-refractivity contribution >= 4 is 6.09 Å². The fourth-order valence-electron chi connectivity index (χ4n) is 4.92. The highest BCUT2D eigenvalue weighted by Crippen LogP contribution is 2.46. The molecule has 4 rings (SSSR count). The average Bonchev–Trinajstić information content (AvgIpc) is 2.93. The van der Waals surface area contributed by atoms with Crippen molar-refractivity contribution in [3.05, 3.63) is 35.9 Å². The second-order valence-corrected chi connectivity index (χ2v) is 7.73. The molecule has 1 aromatic carbocycles. The lowest BCUT2D eigenvalue weighted by molar-refractivity contribution is -0.112. The summed E-state index contributed by atoms with van der Waals surface area (Å²) in [4.78, 5) is 14.5. The monoisotopic (exact) mass is 345 g/mol. The highest BCUT2D eigenvalue weighted by molar-refractivity contribution is 5.69. The molecule has 0 aromatic heterocycles. The molecule has 3 saturated heterocycles. The molecule has 0 spiro atoms. The number of aliphatic hydroxyl groups is 1. The summed E-state index contributed by atoms with van der Waals surface area (Å²) in [7, 11) is 0. The van der Waals surface area contributed by atoms with E-state index < -0.39 is 5.60 Å². The van der Waals surface area contributed by atoms with Gasteiger partial charge >= 0.3 is 6.09 Å². The van der Waals surface area contributed by atoms with Crippen molar-refractivity contribution in [2.45, 2.75) is 62.8 Å². The van der Waals surface area contributed by atoms with Crippen molar-refractivity contribution < 1.29 is 19.4 Å². The molecule has 1 aromatic rings. The lowest BCUT2D eigenvalue weighted by Gasteiger charge is -2.47. The number of benzene rings is 1. The zero-order valence-corrected chi connectivity index (χ0v) is 14.6. The molecule has 3 fully saturated rings. The molecule has 3 aliphatic rings. The summed E-state index contributed by atoms with van der Waals surface area (Å²) in [6, 6.07) is 9.98. The molecule has 25 heavy (non-hydrogen) atoms. The number of carbonyl (C=O) groups is 1. The van der Waals surface area contributed by atoms with E-state index in [1.54, 1.807) is 0 Å². The van der Waals surface area contributed by atoms with Gasteiger partial charge in [0.05, 0.1) is 5.60 Å². The summed E-state index contributed by atoms with van der Waals surface area (Å²) >= 11 is 0. The molecule has 1 amide bonds. The van der Waals surface area contributed by atoms with Crippen molar-refractivity contribution in [3.8, 4) is 0 Å². The van der Waals surface area contributed by atoms with Crippen LogP contribution >= 0.6 is 0 Å². The standard InChI is InChI=1S/C20H27NO4/c22-19(25-14-15-4-2-1-3-5-15)21-17-6-7-18(21)13-20(23,12-17)16-8-10-24-11-9-16/h1-5,16-18,23H,6-14H2. The first-order valence-corrected chi connectivity index (χ1v) is 9.45. The van der Waals surface area contributed by atoms with Gasteiger partial charge in [-0.3, -0.25) is 0 Å². The first-order valence-electron chi connectivity index (χ1n) is 9.45. The van der Waals surface area contributed by atoms with Crippen molar-refractivity contribution in [1.82, 2.24) is 4.90 Å². The van der Waals surface area contributed by atoms with Gasteiger partial charge in [0, 0.05) is 25.3 Å². The third-order valence-electron chi connectivity index (χ3n) is 6.20. The Morgan fingerprint density at radius 1 is 1.12 bits per heavy atom. The van der Waals surface area contributed by atoms with E-state index in [9.17, 15) is 9.90 Å². The van der Waals surface area contributed by atoms with Gasteiger partial charge in [0.1, 0.15) is 6.61 Å². The molecule has 3 heterocycles. The predicted molar refractivity (Wildman–Crippen MR) is 93.0 cm³/mol. The maximum atomic E-state index is 12.6. The van der Waals surface area contributed by atoms with Crippen LogP contribution in [-0.2, 0) is 16.1 Å². The van der Waals surface area contributed by atoms with E-state index in [2.05, 4.69) is 0 Å². The van der Waals surface area contributed by atoms with Gasteiger partial charge in [-0.2, -0.15) is 0 Å². The van der Waals surface area contributed by atoms with E-state index >= 15 is 0 Å². The van der Waals surface area contributed by atoms with Crippen molar-refractivity contribution in [3.63, 3.8) is 0 Å². The number of hydrogen-bond acceptors (Lipinski definition) is 4. The minimum absolute atomic E-state index is 0.106. The second-order valence-electron chi connectivity index (χ2n) is 7.73. The average molecular weight is 345 g/mol. The van der Waals surface area contributed by atoms with Gasteiger partial charge in [0.25, 0.3) is 0 Å². The van der Waals surface area contributed by atoms with Gasteiger partial charge < -0.3 is 19.5 Å². The summed E-state index contributed by atoms with van der Waals surface area (Å²) in [5.74, 6) is 0.298. The minimum Gasteiger partial charge on any atom is -0.445 e. The molecule has 0 radical (unpaired) electrons. The van der Waals surface area contributed by atoms with Crippen LogP contribution in [0.25, 0.3) is 0 Å². The molecule has 3 aliphatic heterocycles. The lowest BCUT2D eigenvalue weighted by Crippen LogP contribution is -2.56. The van der Waals surface area contributed by atoms with E-state index in [0.717, 1.165) is 44.5 Å². The smallest absolute Gasteiger partial charge is 0.410 e. The molecule has 0 aliphatic carbocycles. The zero-order valence-electron chi connectivity index (χ0n) is 14.6. The van der Waals surface area contributed by atoms with E-state index in [4.69, 9.17) is 9.47 Å². The van der Waals surface area contributed by atoms with Gasteiger partial charge in [-0.25, -0.2) is 4.79 Å². The quantitative estimate of drug-likeness (QED) is 0.914. The Bertz CT molecular complexity index is 585. The molecule has 5 nitrogen and oxygen atoms in total. The van der Waals surface area contributed by atoms with Crippen LogP contribution in [0.3, 0.4) is 0 Å². The van der Waals surface area contributed by atoms with E-state index in [1.807, 2.05) is 35.2 Å². The molecule has 2 atom stereocenters. The van der Waals surface area contributed by atoms with Crippen LogP contribution in [0.5, 0.6) is 0 Å². The Balaban J connectivity index is 1.39. The number of hydrogen-bond donors (Lipinski definition) is 1. The fraction of sp³-hybridized carbons (Fsp3) is 0.650. The number of piperidine rings is 1. The van der Waals surface area contributed by atoms with E-state index in [-0.39, 0.29) is 18.2 Å². The lowest BCUT2D eigenvalue weighted by atomic mass is 9.73. The van der Waals surface area contributed by atoms with Crippen LogP contribution in [0.2, 0.25) is 0 Å². The van der Waals surface area contributed by atoms with Crippen molar-refractivity contribution in [2.75, 3.05) is 13.2 Å². The summed E-state index contributed by atoms with van der Waals surface area (Å²) in [6.45, 7) is 1.79. The van der Waals surface area contributed by atoms with Crippen LogP contribution in [0, 0.1) is 5.92 Å². The maximum absolute atomic E-state index is 12.6. The Kier molecular flexibility index (Phi) is 4.69. The molecule has 2 bridgehead atoms. The molecule has 5 heteroatoms. The third-order valence-corrected chi connectivity index (χ3v) is 6.20. The Morgan fingerprint density at radius 3 is 2.40 bits per heavy atom. The zero-order chi connectivity index (χ0) is 17.3. The topological polar surface area (TPSA) is 59.0 Å². The third kappa shape index (κ3) is 3.40. The van der Waals surface area contributed by atoms with Crippen LogP contribution in [-0.4, -0.2) is 47.0 Å². The molecule has 0 saturated carbocycles. The summed E-state index contributed by atoms with van der Waals surface area (Å²) in [6.07, 6.45) is 4.91. The SMILES string of the molecule is O=C(OCc1ccccc1)N1C2CCC1CC(O)(C1CCOCC1)C2. The largest absolute Gasteiger partial charge is 0.445 e. The summed E-state index contributed by atoms with van der Waals surface area (Å²) in [5.41, 5.74) is 0.352. The highest BCUT2D eigenvalue weighted by Gasteiger charge is 2.52. The van der Waals surface area contributed by atoms with E-state index in [0.29, 0.717) is 25.4 Å².